The van der Waals surface area contributed by atoms with Gasteiger partial charge in [0.15, 0.2) is 0 Å². The fourth-order valence-electron chi connectivity index (χ4n) is 10.2. The van der Waals surface area contributed by atoms with Crippen molar-refractivity contribution in [2.75, 3.05) is 65.7 Å². The molecule has 6 amide bonds. The molecule has 0 radical (unpaired) electrons. The van der Waals surface area contributed by atoms with E-state index in [1.807, 2.05) is 59.4 Å². The molecular formula is C48H61N9O7. The van der Waals surface area contributed by atoms with Crippen LogP contribution in [0, 0.1) is 0 Å². The van der Waals surface area contributed by atoms with E-state index in [0.717, 1.165) is 79.8 Å². The number of morpholine rings is 2. The van der Waals surface area contributed by atoms with Gasteiger partial charge in [-0.1, -0.05) is 61.5 Å². The van der Waals surface area contributed by atoms with Crippen molar-refractivity contribution in [1.82, 2.24) is 45.2 Å². The number of urea groups is 2. The first-order chi connectivity index (χ1) is 31.3. The number of H-pyrrole nitrogens is 1. The predicted molar refractivity (Wildman–Crippen MR) is 237 cm³/mol. The number of oxazole rings is 1. The molecule has 0 bridgehead atoms. The fourth-order valence-corrected chi connectivity index (χ4v) is 10.2. The van der Waals surface area contributed by atoms with Crippen molar-refractivity contribution in [3.63, 3.8) is 0 Å². The van der Waals surface area contributed by atoms with Crippen molar-refractivity contribution >= 4 is 23.9 Å². The van der Waals surface area contributed by atoms with Crippen LogP contribution in [0.25, 0.3) is 11.3 Å². The van der Waals surface area contributed by atoms with Crippen molar-refractivity contribution in [3.8, 4) is 11.3 Å². The Balaban J connectivity index is 0.791. The third kappa shape index (κ3) is 9.53. The minimum atomic E-state index is -0.815. The Hall–Kier alpha value is -5.74. The highest BCUT2D eigenvalue weighted by atomic mass is 16.5. The second-order valence-corrected chi connectivity index (χ2v) is 17.7. The molecule has 340 valence electrons. The van der Waals surface area contributed by atoms with Crippen LogP contribution in [0.15, 0.2) is 71.4 Å². The van der Waals surface area contributed by atoms with Crippen LogP contribution in [0.1, 0.15) is 123 Å². The Labute approximate surface area is 374 Å². The third-order valence-electron chi connectivity index (χ3n) is 13.9. The number of carbonyl (C=O) groups is 4. The quantitative estimate of drug-likeness (QED) is 0.153. The van der Waals surface area contributed by atoms with Crippen LogP contribution < -0.4 is 10.6 Å². The van der Waals surface area contributed by atoms with Crippen molar-refractivity contribution in [1.29, 1.82) is 0 Å². The highest BCUT2D eigenvalue weighted by Gasteiger charge is 2.39. The van der Waals surface area contributed by atoms with E-state index in [1.165, 1.54) is 5.56 Å². The van der Waals surface area contributed by atoms with Gasteiger partial charge in [-0.2, -0.15) is 0 Å². The lowest BCUT2D eigenvalue weighted by Crippen LogP contribution is -2.53. The summed E-state index contributed by atoms with van der Waals surface area (Å²) >= 11 is 0. The summed E-state index contributed by atoms with van der Waals surface area (Å²) in [6.07, 6.45) is 11.5. The van der Waals surface area contributed by atoms with Gasteiger partial charge in [-0.3, -0.25) is 9.59 Å². The van der Waals surface area contributed by atoms with Crippen molar-refractivity contribution in [3.05, 3.63) is 95.6 Å². The SMILES string of the molecule is CCC(NC(=O)N1CCOCC1)C(=O)N1CCCC1c1ncc(C2CCC(c3ccc(-c4cnc(C5CCCN5C(=O)C(NC(=O)N5CCOCC5)c5ccccc5)[nH]4)cc3)CC2)o1. The molecule has 4 saturated heterocycles. The van der Waals surface area contributed by atoms with Crippen molar-refractivity contribution in [2.24, 2.45) is 0 Å². The Kier molecular flexibility index (Phi) is 13.6. The molecule has 5 fully saturated rings. The first-order valence-corrected chi connectivity index (χ1v) is 23.4. The molecule has 2 aromatic heterocycles. The molecule has 3 N–H and O–H groups in total. The zero-order valence-corrected chi connectivity index (χ0v) is 36.8. The summed E-state index contributed by atoms with van der Waals surface area (Å²) in [4.78, 5) is 74.4. The van der Waals surface area contributed by atoms with Gasteiger partial charge in [-0.25, -0.2) is 19.6 Å². The average Bonchev–Trinajstić information content (AvgIpc) is 4.21. The molecule has 4 atom stereocenters. The minimum absolute atomic E-state index is 0.0846. The first-order valence-electron chi connectivity index (χ1n) is 23.4. The van der Waals surface area contributed by atoms with Crippen LogP contribution in [0.2, 0.25) is 0 Å². The summed E-state index contributed by atoms with van der Waals surface area (Å²) in [6, 6.07) is 15.8. The number of rotatable bonds is 11. The summed E-state index contributed by atoms with van der Waals surface area (Å²) in [5.41, 5.74) is 3.99. The zero-order chi connectivity index (χ0) is 44.0. The maximum Gasteiger partial charge on any atom is 0.318 e. The molecule has 4 aliphatic heterocycles. The smallest absolute Gasteiger partial charge is 0.318 e. The number of aromatic nitrogens is 3. The van der Waals surface area contributed by atoms with Gasteiger partial charge in [0, 0.05) is 45.2 Å². The lowest BCUT2D eigenvalue weighted by molar-refractivity contribution is -0.135. The van der Waals surface area contributed by atoms with E-state index >= 15 is 0 Å². The number of amides is 6. The Morgan fingerprint density at radius 2 is 1.30 bits per heavy atom. The Morgan fingerprint density at radius 3 is 1.95 bits per heavy atom. The normalized spacial score (nSPS) is 23.8. The van der Waals surface area contributed by atoms with E-state index in [2.05, 4.69) is 39.9 Å². The second kappa shape index (κ2) is 20.0. The molecule has 1 aliphatic carbocycles. The monoisotopic (exact) mass is 875 g/mol. The van der Waals surface area contributed by atoms with Crippen LogP contribution in [0.5, 0.6) is 0 Å². The molecule has 0 spiro atoms. The molecule has 16 nitrogen and oxygen atoms in total. The fraction of sp³-hybridized carbons (Fsp3) is 0.542. The number of ether oxygens (including phenoxy) is 2. The predicted octanol–water partition coefficient (Wildman–Crippen LogP) is 6.44. The molecule has 9 rings (SSSR count). The number of likely N-dealkylation sites (tertiary alicyclic amines) is 2. The maximum atomic E-state index is 14.3. The number of hydrogen-bond donors (Lipinski definition) is 3. The summed E-state index contributed by atoms with van der Waals surface area (Å²) in [6.45, 7) is 7.13. The number of aromatic amines is 1. The van der Waals surface area contributed by atoms with Gasteiger partial charge in [0.1, 0.15) is 29.7 Å². The van der Waals surface area contributed by atoms with Crippen LogP contribution in [-0.2, 0) is 19.1 Å². The van der Waals surface area contributed by atoms with Gasteiger partial charge in [0.05, 0.1) is 50.6 Å². The lowest BCUT2D eigenvalue weighted by atomic mass is 9.78. The second-order valence-electron chi connectivity index (χ2n) is 17.7. The van der Waals surface area contributed by atoms with Crippen molar-refractivity contribution < 1.29 is 33.1 Å². The van der Waals surface area contributed by atoms with E-state index < -0.39 is 12.1 Å². The Morgan fingerprint density at radius 1 is 0.688 bits per heavy atom. The average molecular weight is 876 g/mol. The molecule has 64 heavy (non-hydrogen) atoms. The molecule has 4 aromatic rings. The van der Waals surface area contributed by atoms with Gasteiger partial charge in [-0.05, 0) is 80.4 Å². The molecule has 4 unspecified atom stereocenters. The Bertz CT molecular complexity index is 2210. The van der Waals surface area contributed by atoms with Crippen LogP contribution in [0.4, 0.5) is 9.59 Å². The van der Waals surface area contributed by atoms with E-state index in [9.17, 15) is 19.2 Å². The highest BCUT2D eigenvalue weighted by Crippen LogP contribution is 2.42. The molecule has 6 heterocycles. The highest BCUT2D eigenvalue weighted by molar-refractivity contribution is 5.89. The summed E-state index contributed by atoms with van der Waals surface area (Å²) in [7, 11) is 0. The summed E-state index contributed by atoms with van der Waals surface area (Å²) in [5, 5.41) is 6.00. The third-order valence-corrected chi connectivity index (χ3v) is 13.9. The maximum absolute atomic E-state index is 14.3. The summed E-state index contributed by atoms with van der Waals surface area (Å²) in [5.74, 6) is 2.71. The molecule has 5 aliphatic rings. The van der Waals surface area contributed by atoms with Gasteiger partial charge in [0.2, 0.25) is 17.7 Å². The molecule has 1 saturated carbocycles. The molecule has 16 heteroatoms. The van der Waals surface area contributed by atoms with E-state index in [1.54, 1.807) is 9.80 Å². The van der Waals surface area contributed by atoms with Crippen LogP contribution in [-0.4, -0.2) is 130 Å². The topological polar surface area (TPSA) is 178 Å². The van der Waals surface area contributed by atoms with Crippen LogP contribution in [0.3, 0.4) is 0 Å². The molecular weight excluding hydrogens is 815 g/mol. The van der Waals surface area contributed by atoms with E-state index in [-0.39, 0.29) is 41.9 Å². The number of imidazole rings is 1. The van der Waals surface area contributed by atoms with Gasteiger partial charge < -0.3 is 49.1 Å². The standard InChI is InChI=1S/C48H61N9O7/c1-2-37(52-47(60)54-22-26-62-27-23-54)45(58)57-21-7-11-40(57)44-50-31-41(64-44)35-18-14-33(15-19-35)32-12-16-34(17-13-32)38-30-49-43(51-38)39-10-6-20-56(39)46(59)42(36-8-4-3-5-9-36)53-48(61)55-24-28-63-29-25-55/h3-5,8-9,12-13,16-17,30-31,33,35,37,39-40,42H,2,6-7,10-11,14-15,18-29H2,1H3,(H,49,51)(H,52,60)(H,53,61). The minimum Gasteiger partial charge on any atom is -0.443 e. The molecule has 2 aromatic carbocycles. The van der Waals surface area contributed by atoms with Gasteiger partial charge in [0.25, 0.3) is 0 Å². The largest absolute Gasteiger partial charge is 0.443 e. The lowest BCUT2D eigenvalue weighted by Gasteiger charge is -2.32. The number of benzene rings is 2. The number of hydrogen-bond acceptors (Lipinski definition) is 9. The van der Waals surface area contributed by atoms with Gasteiger partial charge in [-0.15, -0.1) is 0 Å². The van der Waals surface area contributed by atoms with E-state index in [4.69, 9.17) is 23.9 Å². The zero-order valence-electron chi connectivity index (χ0n) is 36.8. The van der Waals surface area contributed by atoms with Crippen molar-refractivity contribution in [2.45, 2.75) is 101 Å². The van der Waals surface area contributed by atoms with Crippen LogP contribution >= 0.6 is 0 Å². The first kappa shape index (κ1) is 43.5. The van der Waals surface area contributed by atoms with E-state index in [0.29, 0.717) is 83.9 Å². The number of nitrogens with zero attached hydrogens (tertiary/aromatic N) is 6. The summed E-state index contributed by atoms with van der Waals surface area (Å²) < 4.78 is 17.3. The number of carbonyl (C=O) groups excluding carboxylic acids is 4. The van der Waals surface area contributed by atoms with Gasteiger partial charge >= 0.3 is 12.1 Å². The number of nitrogens with one attached hydrogen (secondary N) is 3.